The summed E-state index contributed by atoms with van der Waals surface area (Å²) < 4.78 is 12.9. The van der Waals surface area contributed by atoms with Crippen LogP contribution in [0, 0.1) is 0 Å². The molecule has 238 valence electrons. The summed E-state index contributed by atoms with van der Waals surface area (Å²) in [5.74, 6) is 2.42. The predicted molar refractivity (Wildman–Crippen MR) is 203 cm³/mol. The molecule has 0 saturated heterocycles. The maximum atomic E-state index is 6.62. The highest BCUT2D eigenvalue weighted by molar-refractivity contribution is 6.22. The van der Waals surface area contributed by atoms with Gasteiger partial charge in [-0.1, -0.05) is 121 Å². The van der Waals surface area contributed by atoms with Gasteiger partial charge in [-0.15, -0.1) is 0 Å². The van der Waals surface area contributed by atoms with Gasteiger partial charge in [0.25, 0.3) is 0 Å². The van der Waals surface area contributed by atoms with E-state index in [1.807, 2.05) is 54.6 Å². The molecule has 0 spiro atoms. The van der Waals surface area contributed by atoms with Gasteiger partial charge in [-0.05, 0) is 51.9 Å². The molecule has 7 aromatic carbocycles. The summed E-state index contributed by atoms with van der Waals surface area (Å²) in [6.45, 7) is 0. The highest BCUT2D eigenvalue weighted by Gasteiger charge is 2.36. The van der Waals surface area contributed by atoms with E-state index >= 15 is 0 Å². The predicted octanol–water partition coefficient (Wildman–Crippen LogP) is 11.1. The van der Waals surface area contributed by atoms with Gasteiger partial charge in [-0.3, -0.25) is 4.99 Å². The zero-order chi connectivity index (χ0) is 33.5. The maximum absolute atomic E-state index is 6.62. The van der Waals surface area contributed by atoms with Gasteiger partial charge in [0.15, 0.2) is 23.2 Å². The summed E-state index contributed by atoms with van der Waals surface area (Å²) in [4.78, 5) is 20.9. The minimum absolute atomic E-state index is 0.520. The number of aromatic nitrogens is 3. The topological polar surface area (TPSA) is 77.3 Å². The van der Waals surface area contributed by atoms with Crippen molar-refractivity contribution in [1.29, 1.82) is 0 Å². The second kappa shape index (κ2) is 10.8. The summed E-state index contributed by atoms with van der Waals surface area (Å²) in [6, 6.07) is 51.2. The number of nitrogens with zero attached hydrogens (tertiary/aromatic N) is 4. The summed E-state index contributed by atoms with van der Waals surface area (Å²) in [7, 11) is 0. The molecule has 3 aromatic heterocycles. The van der Waals surface area contributed by atoms with Crippen molar-refractivity contribution in [3.63, 3.8) is 0 Å². The van der Waals surface area contributed by atoms with Gasteiger partial charge in [0.2, 0.25) is 0 Å². The summed E-state index contributed by atoms with van der Waals surface area (Å²) in [6.07, 6.45) is 0. The molecule has 6 nitrogen and oxygen atoms in total. The molecule has 10 aromatic rings. The molecule has 51 heavy (non-hydrogen) atoms. The third kappa shape index (κ3) is 4.36. The van der Waals surface area contributed by atoms with Crippen molar-refractivity contribution in [1.82, 2.24) is 15.0 Å². The van der Waals surface area contributed by atoms with E-state index in [1.54, 1.807) is 0 Å². The van der Waals surface area contributed by atoms with E-state index in [0.29, 0.717) is 17.5 Å². The highest BCUT2D eigenvalue weighted by atomic mass is 16.3. The molecule has 0 saturated carbocycles. The Bertz CT molecular complexity index is 3060. The number of hydrogen-bond donors (Lipinski definition) is 0. The molecule has 4 heterocycles. The molecule has 1 aliphatic rings. The zero-order valence-electron chi connectivity index (χ0n) is 27.1. The van der Waals surface area contributed by atoms with E-state index in [9.17, 15) is 0 Å². The van der Waals surface area contributed by atoms with Crippen molar-refractivity contribution in [3.05, 3.63) is 174 Å². The van der Waals surface area contributed by atoms with E-state index in [4.69, 9.17) is 28.8 Å². The Hall–Kier alpha value is -6.92. The molecule has 0 amide bonds. The first-order valence-electron chi connectivity index (χ1n) is 17.0. The van der Waals surface area contributed by atoms with Gasteiger partial charge in [-0.25, -0.2) is 15.0 Å². The third-order valence-electron chi connectivity index (χ3n) is 9.97. The Kier molecular flexibility index (Phi) is 5.92. The van der Waals surface area contributed by atoms with E-state index in [2.05, 4.69) is 97.1 Å². The van der Waals surface area contributed by atoms with E-state index in [1.165, 1.54) is 0 Å². The van der Waals surface area contributed by atoms with Crippen LogP contribution in [0.25, 0.3) is 77.2 Å². The number of para-hydroxylation sites is 2. The Morgan fingerprint density at radius 3 is 1.90 bits per heavy atom. The first-order chi connectivity index (χ1) is 25.2. The lowest BCUT2D eigenvalue weighted by Gasteiger charge is -2.12. The summed E-state index contributed by atoms with van der Waals surface area (Å²) >= 11 is 0. The maximum Gasteiger partial charge on any atom is 0.163 e. The van der Waals surface area contributed by atoms with E-state index in [-0.39, 0.29) is 0 Å². The number of benzene rings is 7. The van der Waals surface area contributed by atoms with Crippen LogP contribution in [0.5, 0.6) is 0 Å². The number of fused-ring (bicyclic) bond motifs is 8. The van der Waals surface area contributed by atoms with Crippen LogP contribution in [-0.2, 0) is 0 Å². The Morgan fingerprint density at radius 1 is 0.431 bits per heavy atom. The average Bonchev–Trinajstić information content (AvgIpc) is 3.88. The third-order valence-corrected chi connectivity index (χ3v) is 9.97. The largest absolute Gasteiger partial charge is 0.456 e. The minimum atomic E-state index is -0.520. The Morgan fingerprint density at radius 2 is 1.06 bits per heavy atom. The molecule has 1 unspecified atom stereocenters. The molecule has 1 atom stereocenters. The van der Waals surface area contributed by atoms with E-state index < -0.39 is 6.04 Å². The lowest BCUT2D eigenvalue weighted by molar-refractivity contribution is 0.602. The van der Waals surface area contributed by atoms with E-state index in [0.717, 1.165) is 88.2 Å². The van der Waals surface area contributed by atoms with Crippen molar-refractivity contribution in [2.45, 2.75) is 6.04 Å². The standard InChI is InChI=1S/C45H26N4O2/c1-2-12-28-24-29(21-20-26(28)10-1)43-47-44(30-22-23-33-32-15-5-7-18-36(32)50-38(33)25-30)49-45(48-43)41-39-35-16-6-8-19-37(35)51-42(39)40(46-41)34-17-9-13-27-11-3-4-14-31(27)34/h1-25,41H. The lowest BCUT2D eigenvalue weighted by Crippen LogP contribution is -2.07. The van der Waals surface area contributed by atoms with Crippen molar-refractivity contribution in [3.8, 4) is 22.8 Å². The summed E-state index contributed by atoms with van der Waals surface area (Å²) in [5, 5.41) is 7.64. The monoisotopic (exact) mass is 654 g/mol. The summed E-state index contributed by atoms with van der Waals surface area (Å²) in [5.41, 5.74) is 6.93. The van der Waals surface area contributed by atoms with Crippen LogP contribution in [0.3, 0.4) is 0 Å². The van der Waals surface area contributed by atoms with Gasteiger partial charge < -0.3 is 8.83 Å². The molecule has 0 N–H and O–H groups in total. The Balaban J connectivity index is 1.16. The quantitative estimate of drug-likeness (QED) is 0.189. The van der Waals surface area contributed by atoms with Gasteiger partial charge >= 0.3 is 0 Å². The van der Waals surface area contributed by atoms with Crippen LogP contribution >= 0.6 is 0 Å². The van der Waals surface area contributed by atoms with Crippen molar-refractivity contribution in [2.75, 3.05) is 0 Å². The fourth-order valence-corrected chi connectivity index (χ4v) is 7.54. The first-order valence-corrected chi connectivity index (χ1v) is 17.0. The number of furan rings is 2. The van der Waals surface area contributed by atoms with Gasteiger partial charge in [0, 0.05) is 38.4 Å². The molecule has 0 radical (unpaired) electrons. The fraction of sp³-hybridized carbons (Fsp3) is 0.0222. The smallest absolute Gasteiger partial charge is 0.163 e. The number of hydrogen-bond acceptors (Lipinski definition) is 6. The molecular weight excluding hydrogens is 629 g/mol. The second-order valence-electron chi connectivity index (χ2n) is 13.0. The minimum Gasteiger partial charge on any atom is -0.456 e. The van der Waals surface area contributed by atoms with Crippen molar-refractivity contribution < 1.29 is 8.83 Å². The Labute approximate surface area is 291 Å². The van der Waals surface area contributed by atoms with Crippen molar-refractivity contribution >= 4 is 60.2 Å². The first kappa shape index (κ1) is 28.0. The van der Waals surface area contributed by atoms with Gasteiger partial charge in [0.05, 0.1) is 0 Å². The fourth-order valence-electron chi connectivity index (χ4n) is 7.54. The molecule has 6 heteroatoms. The SMILES string of the molecule is c1ccc2cc(-c3nc(-c4ccc5c(c4)oc4ccccc45)nc(C4N=C(c5cccc6ccccc56)c5oc6ccccc6c54)n3)ccc2c1. The van der Waals surface area contributed by atoms with Crippen LogP contribution in [0.2, 0.25) is 0 Å². The van der Waals surface area contributed by atoms with Crippen LogP contribution < -0.4 is 0 Å². The lowest BCUT2D eigenvalue weighted by atomic mass is 9.98. The molecule has 0 bridgehead atoms. The normalized spacial score (nSPS) is 14.2. The van der Waals surface area contributed by atoms with Gasteiger partial charge in [0.1, 0.15) is 28.5 Å². The van der Waals surface area contributed by atoms with Crippen LogP contribution in [-0.4, -0.2) is 20.7 Å². The van der Waals surface area contributed by atoms with Crippen molar-refractivity contribution in [2.24, 2.45) is 4.99 Å². The highest BCUT2D eigenvalue weighted by Crippen LogP contribution is 2.44. The molecule has 0 fully saturated rings. The van der Waals surface area contributed by atoms with Crippen LogP contribution in [0.15, 0.2) is 165 Å². The molecule has 11 rings (SSSR count). The number of aliphatic imine (C=N–C) groups is 1. The zero-order valence-corrected chi connectivity index (χ0v) is 27.1. The number of rotatable bonds is 4. The van der Waals surface area contributed by atoms with Crippen LogP contribution in [0.4, 0.5) is 0 Å². The van der Waals surface area contributed by atoms with Gasteiger partial charge in [-0.2, -0.15) is 0 Å². The second-order valence-corrected chi connectivity index (χ2v) is 13.0. The molecule has 0 aliphatic carbocycles. The van der Waals surface area contributed by atoms with Crippen LogP contribution in [0.1, 0.15) is 28.8 Å². The molecule has 1 aliphatic heterocycles. The average molecular weight is 655 g/mol. The molecular formula is C45H26N4O2.